The van der Waals surface area contributed by atoms with Crippen molar-refractivity contribution in [3.8, 4) is 5.82 Å². The molecular formula is C21H21ClN6O2. The number of ether oxygens (including phenoxy) is 1. The van der Waals surface area contributed by atoms with Gasteiger partial charge in [0.25, 0.3) is 0 Å². The lowest BCUT2D eigenvalue weighted by Gasteiger charge is -2.27. The number of morpholine rings is 1. The van der Waals surface area contributed by atoms with Crippen LogP contribution < -0.4 is 10.2 Å². The average molecular weight is 425 g/mol. The Hall–Kier alpha value is -2.97. The number of hydrogen-bond donors (Lipinski definition) is 1. The smallest absolute Gasteiger partial charge is 0.226 e. The number of anilines is 2. The second kappa shape index (κ2) is 7.70. The van der Waals surface area contributed by atoms with Crippen molar-refractivity contribution in [1.29, 1.82) is 0 Å². The van der Waals surface area contributed by atoms with Crippen molar-refractivity contribution in [3.05, 3.63) is 58.2 Å². The second-order valence-corrected chi connectivity index (χ2v) is 7.90. The van der Waals surface area contributed by atoms with Gasteiger partial charge in [0.05, 0.1) is 18.9 Å². The molecule has 3 aromatic rings. The molecular weight excluding hydrogens is 404 g/mol. The fourth-order valence-electron chi connectivity index (χ4n) is 4.11. The standard InChI is InChI=1S/C21H21ClN6O2/c1-13-20-16(14-3-2-4-15(22)11-14)12-19(29)23-21(20)28(26-13)18-6-5-17(24-25-18)27-7-9-30-10-8-27/h2-6,11,16H,7-10,12H2,1H3,(H,23,29)/t16-/m0/s1. The Kier molecular flexibility index (Phi) is 4.88. The third-order valence-electron chi connectivity index (χ3n) is 5.54. The van der Waals surface area contributed by atoms with E-state index in [9.17, 15) is 4.79 Å². The van der Waals surface area contributed by atoms with E-state index < -0.39 is 0 Å². The van der Waals surface area contributed by atoms with E-state index in [0.717, 1.165) is 35.7 Å². The van der Waals surface area contributed by atoms with Gasteiger partial charge < -0.3 is 15.0 Å². The maximum Gasteiger partial charge on any atom is 0.226 e. The molecule has 30 heavy (non-hydrogen) atoms. The van der Waals surface area contributed by atoms with Gasteiger partial charge in [-0.25, -0.2) is 0 Å². The molecule has 1 fully saturated rings. The SMILES string of the molecule is Cc1nn(-c2ccc(N3CCOCC3)nn2)c2c1[C@H](c1cccc(Cl)c1)CC(=O)N2. The highest BCUT2D eigenvalue weighted by molar-refractivity contribution is 6.30. The van der Waals surface area contributed by atoms with Crippen LogP contribution in [-0.2, 0) is 9.53 Å². The summed E-state index contributed by atoms with van der Waals surface area (Å²) in [5.41, 5.74) is 2.82. The number of carbonyl (C=O) groups excluding carboxylic acids is 1. The lowest BCUT2D eigenvalue weighted by molar-refractivity contribution is -0.116. The van der Waals surface area contributed by atoms with Crippen LogP contribution in [0.15, 0.2) is 36.4 Å². The number of carbonyl (C=O) groups is 1. The number of nitrogens with zero attached hydrogens (tertiary/aromatic N) is 5. The molecule has 1 N–H and O–H groups in total. The van der Waals surface area contributed by atoms with Crippen LogP contribution in [-0.4, -0.2) is 52.2 Å². The summed E-state index contributed by atoms with van der Waals surface area (Å²) in [5.74, 6) is 1.83. The van der Waals surface area contributed by atoms with Crippen LogP contribution in [0, 0.1) is 6.92 Å². The van der Waals surface area contributed by atoms with Crippen molar-refractivity contribution in [1.82, 2.24) is 20.0 Å². The van der Waals surface area contributed by atoms with Gasteiger partial charge in [0.15, 0.2) is 11.6 Å². The number of aromatic nitrogens is 4. The number of nitrogens with one attached hydrogen (secondary N) is 1. The zero-order chi connectivity index (χ0) is 20.7. The Bertz CT molecular complexity index is 1090. The minimum absolute atomic E-state index is 0.0634. The first-order valence-electron chi connectivity index (χ1n) is 9.92. The molecule has 0 bridgehead atoms. The summed E-state index contributed by atoms with van der Waals surface area (Å²) >= 11 is 6.20. The van der Waals surface area contributed by atoms with Gasteiger partial charge in [0.1, 0.15) is 5.82 Å². The molecule has 1 aromatic carbocycles. The molecule has 8 nitrogen and oxygen atoms in total. The van der Waals surface area contributed by atoms with Gasteiger partial charge in [0.2, 0.25) is 5.91 Å². The number of halogens is 1. The van der Waals surface area contributed by atoms with Crippen LogP contribution in [0.2, 0.25) is 5.02 Å². The Balaban J connectivity index is 1.52. The molecule has 154 valence electrons. The van der Waals surface area contributed by atoms with E-state index in [1.54, 1.807) is 4.68 Å². The molecule has 1 atom stereocenters. The van der Waals surface area contributed by atoms with Gasteiger partial charge in [-0.3, -0.25) is 4.79 Å². The molecule has 2 aliphatic heterocycles. The van der Waals surface area contributed by atoms with Crippen LogP contribution in [0.1, 0.15) is 29.2 Å². The van der Waals surface area contributed by atoms with Crippen LogP contribution in [0.25, 0.3) is 5.82 Å². The molecule has 0 radical (unpaired) electrons. The Morgan fingerprint density at radius 2 is 1.90 bits per heavy atom. The lowest BCUT2D eigenvalue weighted by Crippen LogP contribution is -2.36. The summed E-state index contributed by atoms with van der Waals surface area (Å²) < 4.78 is 7.05. The van der Waals surface area contributed by atoms with Crippen LogP contribution in [0.4, 0.5) is 11.6 Å². The molecule has 1 saturated heterocycles. The van der Waals surface area contributed by atoms with Crippen molar-refractivity contribution in [2.75, 3.05) is 36.5 Å². The third kappa shape index (κ3) is 3.42. The van der Waals surface area contributed by atoms with Gasteiger partial charge >= 0.3 is 0 Å². The number of aryl methyl sites for hydroxylation is 1. The fourth-order valence-corrected chi connectivity index (χ4v) is 4.31. The maximum atomic E-state index is 12.5. The first-order valence-corrected chi connectivity index (χ1v) is 10.3. The number of benzene rings is 1. The highest BCUT2D eigenvalue weighted by Gasteiger charge is 2.33. The minimum Gasteiger partial charge on any atom is -0.378 e. The molecule has 0 unspecified atom stereocenters. The van der Waals surface area contributed by atoms with Crippen LogP contribution >= 0.6 is 11.6 Å². The van der Waals surface area contributed by atoms with Gasteiger partial charge in [-0.2, -0.15) is 9.78 Å². The molecule has 2 aromatic heterocycles. The first kappa shape index (κ1) is 19.0. The molecule has 2 aliphatic rings. The highest BCUT2D eigenvalue weighted by Crippen LogP contribution is 2.40. The van der Waals surface area contributed by atoms with Crippen LogP contribution in [0.5, 0.6) is 0 Å². The maximum absolute atomic E-state index is 12.5. The minimum atomic E-state index is -0.109. The summed E-state index contributed by atoms with van der Waals surface area (Å²) in [4.78, 5) is 14.6. The second-order valence-electron chi connectivity index (χ2n) is 7.47. The predicted molar refractivity (Wildman–Crippen MR) is 113 cm³/mol. The summed E-state index contributed by atoms with van der Waals surface area (Å²) in [7, 11) is 0. The zero-order valence-corrected chi connectivity index (χ0v) is 17.3. The summed E-state index contributed by atoms with van der Waals surface area (Å²) in [6.45, 7) is 4.90. The lowest BCUT2D eigenvalue weighted by atomic mass is 9.86. The highest BCUT2D eigenvalue weighted by atomic mass is 35.5. The number of fused-ring (bicyclic) bond motifs is 1. The van der Waals surface area contributed by atoms with E-state index in [4.69, 9.17) is 16.3 Å². The zero-order valence-electron chi connectivity index (χ0n) is 16.5. The molecule has 5 rings (SSSR count). The molecule has 9 heteroatoms. The quantitative estimate of drug-likeness (QED) is 0.695. The topological polar surface area (TPSA) is 85.2 Å². The van der Waals surface area contributed by atoms with Crippen molar-refractivity contribution >= 4 is 29.1 Å². The molecule has 0 saturated carbocycles. The average Bonchev–Trinajstić information content (AvgIpc) is 3.10. The van der Waals surface area contributed by atoms with E-state index in [0.29, 0.717) is 36.3 Å². The number of amides is 1. The van der Waals surface area contributed by atoms with E-state index in [-0.39, 0.29) is 11.8 Å². The largest absolute Gasteiger partial charge is 0.378 e. The molecule has 0 spiro atoms. The monoisotopic (exact) mass is 424 g/mol. The normalized spacial score (nSPS) is 18.8. The Morgan fingerprint density at radius 1 is 1.13 bits per heavy atom. The fraction of sp³-hybridized carbons (Fsp3) is 0.333. The van der Waals surface area contributed by atoms with E-state index in [1.807, 2.05) is 43.3 Å². The summed E-state index contributed by atoms with van der Waals surface area (Å²) in [5, 5.41) is 17.0. The Labute approximate surface area is 178 Å². The van der Waals surface area contributed by atoms with Crippen molar-refractivity contribution in [2.24, 2.45) is 0 Å². The van der Waals surface area contributed by atoms with E-state index in [1.165, 1.54) is 0 Å². The van der Waals surface area contributed by atoms with Crippen molar-refractivity contribution in [3.63, 3.8) is 0 Å². The predicted octanol–water partition coefficient (Wildman–Crippen LogP) is 2.93. The van der Waals surface area contributed by atoms with Crippen molar-refractivity contribution < 1.29 is 9.53 Å². The number of hydrogen-bond acceptors (Lipinski definition) is 6. The van der Waals surface area contributed by atoms with Gasteiger partial charge in [-0.05, 0) is 36.8 Å². The van der Waals surface area contributed by atoms with Gasteiger partial charge in [-0.1, -0.05) is 23.7 Å². The summed E-state index contributed by atoms with van der Waals surface area (Å²) in [6, 6.07) is 11.4. The van der Waals surface area contributed by atoms with Crippen molar-refractivity contribution in [2.45, 2.75) is 19.3 Å². The molecule has 0 aliphatic carbocycles. The molecule has 4 heterocycles. The Morgan fingerprint density at radius 3 is 2.63 bits per heavy atom. The summed E-state index contributed by atoms with van der Waals surface area (Å²) in [6.07, 6.45) is 0.349. The van der Waals surface area contributed by atoms with Gasteiger partial charge in [-0.15, -0.1) is 10.2 Å². The van der Waals surface area contributed by atoms with Crippen LogP contribution in [0.3, 0.4) is 0 Å². The third-order valence-corrected chi connectivity index (χ3v) is 5.78. The van der Waals surface area contributed by atoms with E-state index >= 15 is 0 Å². The first-order chi connectivity index (χ1) is 14.6. The van der Waals surface area contributed by atoms with Gasteiger partial charge in [0, 0.05) is 36.0 Å². The number of rotatable bonds is 3. The molecule has 1 amide bonds. The van der Waals surface area contributed by atoms with E-state index in [2.05, 4.69) is 25.5 Å².